The average molecular weight is 452 g/mol. The number of nitrogens with two attached hydrogens (primary N) is 1. The summed E-state index contributed by atoms with van der Waals surface area (Å²) in [5.41, 5.74) is 9.35. The lowest BCUT2D eigenvalue weighted by molar-refractivity contribution is -0.0901. The fraction of sp³-hybridized carbons (Fsp3) is 0.304. The van der Waals surface area contributed by atoms with Gasteiger partial charge in [0.15, 0.2) is 0 Å². The van der Waals surface area contributed by atoms with Gasteiger partial charge in [0, 0.05) is 55.4 Å². The number of rotatable bonds is 6. The van der Waals surface area contributed by atoms with Crippen LogP contribution in [0.3, 0.4) is 0 Å². The van der Waals surface area contributed by atoms with Gasteiger partial charge in [-0.15, -0.1) is 0 Å². The van der Waals surface area contributed by atoms with Crippen molar-refractivity contribution >= 4 is 17.7 Å². The first-order chi connectivity index (χ1) is 15.9. The number of nitrogens with one attached hydrogen (secondary N) is 2. The maximum Gasteiger partial charge on any atom is 0.252 e. The number of pyridine rings is 1. The van der Waals surface area contributed by atoms with Crippen molar-refractivity contribution in [1.82, 2.24) is 20.3 Å². The van der Waals surface area contributed by atoms with Crippen LogP contribution >= 0.6 is 0 Å². The van der Waals surface area contributed by atoms with E-state index in [9.17, 15) is 13.6 Å². The number of anilines is 2. The molecule has 0 bridgehead atoms. The zero-order chi connectivity index (χ0) is 23.0. The Labute approximate surface area is 188 Å². The number of hydrogen-bond donors (Lipinski definition) is 3. The van der Waals surface area contributed by atoms with E-state index in [4.69, 9.17) is 10.5 Å². The van der Waals surface area contributed by atoms with Gasteiger partial charge in [0.05, 0.1) is 17.9 Å². The topological polar surface area (TPSA) is 115 Å². The predicted molar refractivity (Wildman–Crippen MR) is 118 cm³/mol. The van der Waals surface area contributed by atoms with Crippen LogP contribution in [-0.4, -0.2) is 39.4 Å². The average Bonchev–Trinajstić information content (AvgIpc) is 3.26. The Hall–Kier alpha value is -3.82. The Morgan fingerprint density at radius 1 is 1.24 bits per heavy atom. The Morgan fingerprint density at radius 2 is 2.09 bits per heavy atom. The fourth-order valence-corrected chi connectivity index (χ4v) is 4.09. The van der Waals surface area contributed by atoms with Crippen molar-refractivity contribution in [3.8, 4) is 17.0 Å². The molecule has 0 spiro atoms. The summed E-state index contributed by atoms with van der Waals surface area (Å²) in [7, 11) is 0. The molecule has 10 heteroatoms. The summed E-state index contributed by atoms with van der Waals surface area (Å²) in [6.45, 7) is 0.973. The van der Waals surface area contributed by atoms with Crippen molar-refractivity contribution in [2.75, 3.05) is 17.7 Å². The minimum atomic E-state index is -2.67. The highest BCUT2D eigenvalue weighted by atomic mass is 19.3. The number of nitrogen functional groups attached to an aromatic ring is 1. The van der Waals surface area contributed by atoms with Crippen LogP contribution < -0.4 is 21.1 Å². The van der Waals surface area contributed by atoms with E-state index in [1.54, 1.807) is 36.7 Å². The summed E-state index contributed by atoms with van der Waals surface area (Å²) >= 11 is 0. The van der Waals surface area contributed by atoms with Gasteiger partial charge in [0.2, 0.25) is 5.95 Å². The zero-order valence-corrected chi connectivity index (χ0v) is 17.6. The number of carbonyl (C=O) groups is 1. The minimum absolute atomic E-state index is 0.177. The van der Waals surface area contributed by atoms with Gasteiger partial charge in [-0.05, 0) is 23.8 Å². The Balaban J connectivity index is 1.29. The standard InChI is InChI=1S/C23H22F2N6O2/c24-23(25)9-15(10-23)30-21(32)14-3-1-2-13(8-14)11-28-20-16-5-7-33-19(16)17(12-29-20)18-4-6-27-22(26)31-18/h1-4,6,8,12,15H,5,7,9-11H2,(H,28,29)(H,30,32)(H2,26,27,31). The smallest absolute Gasteiger partial charge is 0.252 e. The van der Waals surface area contributed by atoms with Crippen molar-refractivity contribution in [1.29, 1.82) is 0 Å². The fourth-order valence-electron chi connectivity index (χ4n) is 4.09. The van der Waals surface area contributed by atoms with Crippen LogP contribution in [0.15, 0.2) is 42.7 Å². The molecule has 5 rings (SSSR count). The van der Waals surface area contributed by atoms with Gasteiger partial charge in [-0.25, -0.2) is 23.7 Å². The lowest BCUT2D eigenvalue weighted by Crippen LogP contribution is -2.50. The highest BCUT2D eigenvalue weighted by molar-refractivity contribution is 5.94. The van der Waals surface area contributed by atoms with Crippen molar-refractivity contribution in [2.45, 2.75) is 37.8 Å². The highest BCUT2D eigenvalue weighted by Crippen LogP contribution is 2.39. The van der Waals surface area contributed by atoms with Crippen LogP contribution in [0.2, 0.25) is 0 Å². The molecule has 0 unspecified atom stereocenters. The number of carbonyl (C=O) groups excluding carboxylic acids is 1. The molecule has 0 radical (unpaired) electrons. The number of fused-ring (bicyclic) bond motifs is 1. The van der Waals surface area contributed by atoms with E-state index in [-0.39, 0.29) is 24.7 Å². The largest absolute Gasteiger partial charge is 0.492 e. The van der Waals surface area contributed by atoms with Crippen LogP contribution in [0.25, 0.3) is 11.3 Å². The summed E-state index contributed by atoms with van der Waals surface area (Å²) < 4.78 is 31.9. The second-order valence-electron chi connectivity index (χ2n) is 8.22. The molecule has 3 aromatic rings. The number of ether oxygens (including phenoxy) is 1. The van der Waals surface area contributed by atoms with E-state index < -0.39 is 12.0 Å². The normalized spacial score (nSPS) is 16.4. The van der Waals surface area contributed by atoms with E-state index in [1.165, 1.54) is 0 Å². The third-order valence-electron chi connectivity index (χ3n) is 5.75. The number of amides is 1. The predicted octanol–water partition coefficient (Wildman–Crippen LogP) is 3.20. The number of hydrogen-bond acceptors (Lipinski definition) is 7. The van der Waals surface area contributed by atoms with E-state index in [1.807, 2.05) is 6.07 Å². The molecule has 1 aromatic carbocycles. The number of alkyl halides is 2. The second kappa shape index (κ2) is 8.27. The minimum Gasteiger partial charge on any atom is -0.492 e. The molecular weight excluding hydrogens is 430 g/mol. The van der Waals surface area contributed by atoms with Crippen LogP contribution in [-0.2, 0) is 13.0 Å². The van der Waals surface area contributed by atoms with E-state index in [2.05, 4.69) is 25.6 Å². The van der Waals surface area contributed by atoms with Crippen LogP contribution in [0.4, 0.5) is 20.5 Å². The molecular formula is C23H22F2N6O2. The van der Waals surface area contributed by atoms with Crippen molar-refractivity contribution in [2.24, 2.45) is 0 Å². The van der Waals surface area contributed by atoms with E-state index in [0.29, 0.717) is 36.6 Å². The maximum absolute atomic E-state index is 13.0. The van der Waals surface area contributed by atoms with E-state index >= 15 is 0 Å². The summed E-state index contributed by atoms with van der Waals surface area (Å²) in [6.07, 6.45) is 3.36. The number of benzene rings is 1. The molecule has 3 heterocycles. The Bertz CT molecular complexity index is 1210. The lowest BCUT2D eigenvalue weighted by Gasteiger charge is -2.35. The Morgan fingerprint density at radius 3 is 2.88 bits per heavy atom. The summed E-state index contributed by atoms with van der Waals surface area (Å²) in [5.74, 6) is -1.43. The number of halogens is 2. The second-order valence-corrected chi connectivity index (χ2v) is 8.22. The lowest BCUT2D eigenvalue weighted by atomic mass is 9.88. The molecule has 1 amide bonds. The van der Waals surface area contributed by atoms with Gasteiger partial charge < -0.3 is 21.1 Å². The van der Waals surface area contributed by atoms with Gasteiger partial charge >= 0.3 is 0 Å². The van der Waals surface area contributed by atoms with E-state index in [0.717, 1.165) is 22.4 Å². The summed E-state index contributed by atoms with van der Waals surface area (Å²) in [4.78, 5) is 25.1. The summed E-state index contributed by atoms with van der Waals surface area (Å²) in [6, 6.07) is 8.34. The molecule has 1 aliphatic carbocycles. The molecule has 2 aliphatic rings. The molecule has 0 atom stereocenters. The van der Waals surface area contributed by atoms with Crippen molar-refractivity contribution < 1.29 is 18.3 Å². The third kappa shape index (κ3) is 4.41. The third-order valence-corrected chi connectivity index (χ3v) is 5.75. The Kier molecular flexibility index (Phi) is 5.27. The van der Waals surface area contributed by atoms with Gasteiger partial charge in [-0.1, -0.05) is 12.1 Å². The van der Waals surface area contributed by atoms with Crippen LogP contribution in [0.1, 0.15) is 34.3 Å². The first-order valence-electron chi connectivity index (χ1n) is 10.6. The molecule has 170 valence electrons. The number of nitrogens with zero attached hydrogens (tertiary/aromatic N) is 3. The van der Waals surface area contributed by atoms with Crippen LogP contribution in [0, 0.1) is 0 Å². The van der Waals surface area contributed by atoms with Crippen molar-refractivity contribution in [3.63, 3.8) is 0 Å². The van der Waals surface area contributed by atoms with Gasteiger partial charge in [-0.2, -0.15) is 0 Å². The highest BCUT2D eigenvalue weighted by Gasteiger charge is 2.45. The van der Waals surface area contributed by atoms with Gasteiger partial charge in [0.25, 0.3) is 11.8 Å². The SMILES string of the molecule is Nc1nccc(-c2cnc(NCc3cccc(C(=O)NC4CC(F)(F)C4)c3)c3c2OCC3)n1. The molecule has 4 N–H and O–H groups in total. The quantitative estimate of drug-likeness (QED) is 0.526. The molecule has 1 fully saturated rings. The molecule has 8 nitrogen and oxygen atoms in total. The maximum atomic E-state index is 13.0. The summed E-state index contributed by atoms with van der Waals surface area (Å²) in [5, 5.41) is 5.97. The molecule has 1 aliphatic heterocycles. The molecule has 33 heavy (non-hydrogen) atoms. The first kappa shape index (κ1) is 21.0. The molecule has 1 saturated carbocycles. The number of aromatic nitrogens is 3. The zero-order valence-electron chi connectivity index (χ0n) is 17.6. The van der Waals surface area contributed by atoms with Crippen molar-refractivity contribution in [3.05, 3.63) is 59.4 Å². The first-order valence-corrected chi connectivity index (χ1v) is 10.6. The monoisotopic (exact) mass is 452 g/mol. The van der Waals surface area contributed by atoms with Gasteiger partial charge in [0.1, 0.15) is 11.6 Å². The molecule has 2 aromatic heterocycles. The van der Waals surface area contributed by atoms with Crippen LogP contribution in [0.5, 0.6) is 5.75 Å². The van der Waals surface area contributed by atoms with Gasteiger partial charge in [-0.3, -0.25) is 4.79 Å². The molecule has 0 saturated heterocycles.